The van der Waals surface area contributed by atoms with E-state index in [-0.39, 0.29) is 11.0 Å². The Morgan fingerprint density at radius 2 is 1.89 bits per heavy atom. The average molecular weight is 248 g/mol. The third-order valence-corrected chi connectivity index (χ3v) is 4.41. The first-order valence-electron chi connectivity index (χ1n) is 6.54. The smallest absolute Gasteiger partial charge is 0.236 e. The molecule has 1 aliphatic heterocycles. The fraction of sp³-hybridized carbons (Fsp3) is 0.600. The van der Waals surface area contributed by atoms with Gasteiger partial charge in [-0.15, -0.1) is 0 Å². The van der Waals surface area contributed by atoms with Gasteiger partial charge in [0.05, 0.1) is 0 Å². The summed E-state index contributed by atoms with van der Waals surface area (Å²) in [4.78, 5) is 4.80. The van der Waals surface area contributed by atoms with E-state index < -0.39 is 5.79 Å². The van der Waals surface area contributed by atoms with Gasteiger partial charge in [-0.05, 0) is 24.0 Å². The Morgan fingerprint density at radius 3 is 2.44 bits per heavy atom. The lowest BCUT2D eigenvalue weighted by Gasteiger charge is -2.31. The molecule has 3 heteroatoms. The van der Waals surface area contributed by atoms with Gasteiger partial charge in [-0.3, -0.25) is 0 Å². The van der Waals surface area contributed by atoms with E-state index in [4.69, 9.17) is 9.62 Å². The quantitative estimate of drug-likeness (QED) is 0.471. The van der Waals surface area contributed by atoms with Crippen LogP contribution in [0.4, 0.5) is 0 Å². The Morgan fingerprint density at radius 1 is 1.22 bits per heavy atom. The van der Waals surface area contributed by atoms with Crippen molar-refractivity contribution in [1.82, 2.24) is 0 Å². The average Bonchev–Trinajstić information content (AvgIpc) is 2.97. The zero-order chi connectivity index (χ0) is 13.0. The summed E-state index contributed by atoms with van der Waals surface area (Å²) < 4.78 is 5.93. The van der Waals surface area contributed by atoms with Gasteiger partial charge < -0.3 is 4.74 Å². The predicted molar refractivity (Wildman–Crippen MR) is 68.2 cm³/mol. The van der Waals surface area contributed by atoms with Crippen LogP contribution in [0.5, 0.6) is 0 Å². The lowest BCUT2D eigenvalue weighted by Crippen LogP contribution is -2.42. The van der Waals surface area contributed by atoms with Gasteiger partial charge in [0.1, 0.15) is 5.60 Å². The van der Waals surface area contributed by atoms with Crippen molar-refractivity contribution < 1.29 is 14.9 Å². The summed E-state index contributed by atoms with van der Waals surface area (Å²) in [7, 11) is 0. The number of epoxide rings is 1. The minimum atomic E-state index is -0.854. The van der Waals surface area contributed by atoms with Gasteiger partial charge in [0.15, 0.2) is 0 Å². The summed E-state index contributed by atoms with van der Waals surface area (Å²) in [6.45, 7) is 6.12. The van der Waals surface area contributed by atoms with Crippen molar-refractivity contribution in [2.24, 2.45) is 5.41 Å². The van der Waals surface area contributed by atoms with E-state index in [9.17, 15) is 5.26 Å². The predicted octanol–water partition coefficient (Wildman–Crippen LogP) is 3.18. The van der Waals surface area contributed by atoms with Gasteiger partial charge in [-0.1, -0.05) is 45.0 Å². The second-order valence-corrected chi connectivity index (χ2v) is 6.50. The highest BCUT2D eigenvalue weighted by molar-refractivity contribution is 5.36. The van der Waals surface area contributed by atoms with Gasteiger partial charge in [-0.25, -0.2) is 5.26 Å². The molecule has 98 valence electrons. The van der Waals surface area contributed by atoms with Crippen LogP contribution in [0.25, 0.3) is 0 Å². The molecule has 2 unspecified atom stereocenters. The molecule has 1 aromatic rings. The summed E-state index contributed by atoms with van der Waals surface area (Å²) in [5.41, 5.74) is 2.11. The van der Waals surface area contributed by atoms with Crippen molar-refractivity contribution in [3.63, 3.8) is 0 Å². The Hall–Kier alpha value is -0.900. The fourth-order valence-corrected chi connectivity index (χ4v) is 3.40. The van der Waals surface area contributed by atoms with Gasteiger partial charge in [0, 0.05) is 11.8 Å². The first-order chi connectivity index (χ1) is 8.44. The molecule has 1 heterocycles. The van der Waals surface area contributed by atoms with Crippen molar-refractivity contribution in [1.29, 1.82) is 0 Å². The number of hydrogen-bond donors (Lipinski definition) is 1. The Bertz CT molecular complexity index is 477. The van der Waals surface area contributed by atoms with E-state index in [0.29, 0.717) is 0 Å². The molecule has 0 aromatic heterocycles. The molecule has 1 spiro atoms. The molecule has 2 aliphatic rings. The van der Waals surface area contributed by atoms with E-state index >= 15 is 0 Å². The molecule has 3 nitrogen and oxygen atoms in total. The van der Waals surface area contributed by atoms with Crippen molar-refractivity contribution in [3.8, 4) is 0 Å². The number of ether oxygens (including phenoxy) is 1. The van der Waals surface area contributed by atoms with E-state index in [0.717, 1.165) is 19.3 Å². The number of fused-ring (bicyclic) bond motifs is 1. The summed E-state index contributed by atoms with van der Waals surface area (Å²) in [6, 6.07) is 8.44. The van der Waals surface area contributed by atoms with Crippen LogP contribution < -0.4 is 0 Å². The number of hydrogen-bond acceptors (Lipinski definition) is 3. The molecule has 0 amide bonds. The van der Waals surface area contributed by atoms with Crippen LogP contribution in [0.3, 0.4) is 0 Å². The lowest BCUT2D eigenvalue weighted by molar-refractivity contribution is -0.345. The Kier molecular flexibility index (Phi) is 2.40. The standard InChI is InChI=1S/C15H20O3/c1-13(2,3)15(18-16)14(17-15)9-8-11-6-4-5-7-12(11)10-14/h4-7,16H,8-10H2,1-3H3. The van der Waals surface area contributed by atoms with Gasteiger partial charge in [0.25, 0.3) is 0 Å². The SMILES string of the molecule is CC(C)(C)C1(OO)OC12CCc1ccccc1C2. The van der Waals surface area contributed by atoms with Crippen LogP contribution in [0, 0.1) is 5.41 Å². The maximum absolute atomic E-state index is 9.33. The van der Waals surface area contributed by atoms with Crippen LogP contribution >= 0.6 is 0 Å². The van der Waals surface area contributed by atoms with Crippen LogP contribution in [0.1, 0.15) is 38.3 Å². The summed E-state index contributed by atoms with van der Waals surface area (Å²) >= 11 is 0. The van der Waals surface area contributed by atoms with Crippen molar-refractivity contribution in [3.05, 3.63) is 35.4 Å². The zero-order valence-electron chi connectivity index (χ0n) is 11.2. The number of benzene rings is 1. The first-order valence-corrected chi connectivity index (χ1v) is 6.54. The molecule has 0 bridgehead atoms. The van der Waals surface area contributed by atoms with Crippen molar-refractivity contribution in [2.75, 3.05) is 0 Å². The molecule has 0 radical (unpaired) electrons. The zero-order valence-corrected chi connectivity index (χ0v) is 11.2. The summed E-state index contributed by atoms with van der Waals surface area (Å²) in [6.07, 6.45) is 2.71. The van der Waals surface area contributed by atoms with Gasteiger partial charge >= 0.3 is 0 Å². The topological polar surface area (TPSA) is 42.0 Å². The van der Waals surface area contributed by atoms with E-state index in [1.807, 2.05) is 20.8 Å². The highest BCUT2D eigenvalue weighted by Crippen LogP contribution is 2.63. The molecular weight excluding hydrogens is 228 g/mol. The molecule has 0 saturated carbocycles. The highest BCUT2D eigenvalue weighted by atomic mass is 17.2. The van der Waals surface area contributed by atoms with Crippen molar-refractivity contribution in [2.45, 2.75) is 51.4 Å². The minimum Gasteiger partial charge on any atom is -0.332 e. The molecule has 1 saturated heterocycles. The summed E-state index contributed by atoms with van der Waals surface area (Å²) in [5, 5.41) is 9.33. The maximum Gasteiger partial charge on any atom is 0.236 e. The molecule has 1 fully saturated rings. The fourth-order valence-electron chi connectivity index (χ4n) is 3.40. The lowest BCUT2D eigenvalue weighted by atomic mass is 9.73. The van der Waals surface area contributed by atoms with Crippen LogP contribution in [0.2, 0.25) is 0 Å². The monoisotopic (exact) mass is 248 g/mol. The highest BCUT2D eigenvalue weighted by Gasteiger charge is 2.77. The second-order valence-electron chi connectivity index (χ2n) is 6.50. The molecule has 3 rings (SSSR count). The van der Waals surface area contributed by atoms with Crippen LogP contribution in [-0.4, -0.2) is 16.6 Å². The van der Waals surface area contributed by atoms with Crippen LogP contribution in [-0.2, 0) is 22.5 Å². The summed E-state index contributed by atoms with van der Waals surface area (Å²) in [5.74, 6) is -0.854. The van der Waals surface area contributed by atoms with Gasteiger partial charge in [0.2, 0.25) is 5.79 Å². The largest absolute Gasteiger partial charge is 0.332 e. The van der Waals surface area contributed by atoms with Gasteiger partial charge in [-0.2, -0.15) is 4.89 Å². The normalized spacial score (nSPS) is 34.4. The van der Waals surface area contributed by atoms with E-state index in [1.165, 1.54) is 11.1 Å². The maximum atomic E-state index is 9.33. The minimum absolute atomic E-state index is 0.242. The molecule has 18 heavy (non-hydrogen) atoms. The number of aryl methyl sites for hydroxylation is 1. The van der Waals surface area contributed by atoms with Crippen molar-refractivity contribution >= 4 is 0 Å². The van der Waals surface area contributed by atoms with E-state index in [1.54, 1.807) is 0 Å². The van der Waals surface area contributed by atoms with Crippen LogP contribution in [0.15, 0.2) is 24.3 Å². The third-order valence-electron chi connectivity index (χ3n) is 4.41. The Balaban J connectivity index is 1.94. The molecule has 2 atom stereocenters. The Labute approximate surface area is 108 Å². The number of rotatable bonds is 1. The molecular formula is C15H20O3. The van der Waals surface area contributed by atoms with E-state index in [2.05, 4.69) is 24.3 Å². The first kappa shape index (κ1) is 12.2. The molecule has 1 N–H and O–H groups in total. The molecule has 1 aliphatic carbocycles. The third kappa shape index (κ3) is 1.41. The molecule has 1 aromatic carbocycles. The second kappa shape index (κ2) is 3.56.